The van der Waals surface area contributed by atoms with E-state index in [0.29, 0.717) is 12.4 Å². The molecule has 2 aliphatic rings. The Hall–Kier alpha value is -3.22. The quantitative estimate of drug-likeness (QED) is 0.780. The van der Waals surface area contributed by atoms with Crippen molar-refractivity contribution in [3.63, 3.8) is 0 Å². The summed E-state index contributed by atoms with van der Waals surface area (Å²) in [4.78, 5) is 48.9. The van der Waals surface area contributed by atoms with Gasteiger partial charge in [0.2, 0.25) is 11.8 Å². The first-order valence-electron chi connectivity index (χ1n) is 10.2. The van der Waals surface area contributed by atoms with Crippen molar-refractivity contribution < 1.29 is 14.4 Å². The standard InChI is InChI=1S/C23H26N4O3/c1-16(2)25-14-21(29)27(13-18-9-7-17(3)8-10-18)23(22(25)30)12-20(28)26(15-23)19-6-4-5-11-24-19/h4-11,16H,12-15H2,1-3H3. The van der Waals surface area contributed by atoms with Crippen LogP contribution < -0.4 is 4.90 Å². The Morgan fingerprint density at radius 1 is 1.03 bits per heavy atom. The summed E-state index contributed by atoms with van der Waals surface area (Å²) in [5.74, 6) is -0.0125. The van der Waals surface area contributed by atoms with Crippen LogP contribution in [0.2, 0.25) is 0 Å². The van der Waals surface area contributed by atoms with Crippen LogP contribution in [0.15, 0.2) is 48.7 Å². The molecule has 1 aromatic carbocycles. The highest BCUT2D eigenvalue weighted by Gasteiger charge is 2.59. The normalized spacial score (nSPS) is 22.0. The van der Waals surface area contributed by atoms with Gasteiger partial charge in [0.05, 0.1) is 13.0 Å². The van der Waals surface area contributed by atoms with Gasteiger partial charge in [0.15, 0.2) is 0 Å². The van der Waals surface area contributed by atoms with E-state index in [1.807, 2.05) is 45.0 Å². The van der Waals surface area contributed by atoms with E-state index < -0.39 is 5.54 Å². The van der Waals surface area contributed by atoms with Gasteiger partial charge in [-0.3, -0.25) is 19.3 Å². The maximum absolute atomic E-state index is 13.6. The Kier molecular flexibility index (Phi) is 5.05. The summed E-state index contributed by atoms with van der Waals surface area (Å²) in [6.45, 7) is 6.22. The summed E-state index contributed by atoms with van der Waals surface area (Å²) in [6.07, 6.45) is 1.58. The second-order valence-corrected chi connectivity index (χ2v) is 8.37. The molecule has 1 aromatic heterocycles. The van der Waals surface area contributed by atoms with Gasteiger partial charge >= 0.3 is 0 Å². The Bertz CT molecular complexity index is 974. The fourth-order valence-corrected chi connectivity index (χ4v) is 4.25. The molecule has 1 spiro atoms. The number of anilines is 1. The van der Waals surface area contributed by atoms with Crippen molar-refractivity contribution in [3.05, 3.63) is 59.8 Å². The number of nitrogens with zero attached hydrogens (tertiary/aromatic N) is 4. The number of benzene rings is 1. The first-order valence-corrected chi connectivity index (χ1v) is 10.2. The Labute approximate surface area is 176 Å². The first-order chi connectivity index (χ1) is 14.3. The minimum atomic E-state index is -1.22. The Balaban J connectivity index is 1.74. The summed E-state index contributed by atoms with van der Waals surface area (Å²) in [7, 11) is 0. The lowest BCUT2D eigenvalue weighted by atomic mass is 9.89. The molecule has 4 rings (SSSR count). The summed E-state index contributed by atoms with van der Waals surface area (Å²) >= 11 is 0. The number of carbonyl (C=O) groups excluding carboxylic acids is 3. The van der Waals surface area contributed by atoms with Gasteiger partial charge in [-0.25, -0.2) is 4.98 Å². The van der Waals surface area contributed by atoms with Crippen molar-refractivity contribution in [1.29, 1.82) is 0 Å². The lowest BCUT2D eigenvalue weighted by Crippen LogP contribution is -2.69. The van der Waals surface area contributed by atoms with Crippen LogP contribution in [0.5, 0.6) is 0 Å². The minimum absolute atomic E-state index is 0.0297. The van der Waals surface area contributed by atoms with E-state index in [9.17, 15) is 14.4 Å². The lowest BCUT2D eigenvalue weighted by Gasteiger charge is -2.48. The molecule has 3 heterocycles. The van der Waals surface area contributed by atoms with E-state index in [4.69, 9.17) is 0 Å². The van der Waals surface area contributed by atoms with E-state index in [1.54, 1.807) is 34.2 Å². The SMILES string of the molecule is Cc1ccc(CN2C(=O)CN(C(C)C)C(=O)C23CC(=O)N(c2ccccn2)C3)cc1. The Morgan fingerprint density at radius 3 is 2.40 bits per heavy atom. The molecule has 7 nitrogen and oxygen atoms in total. The molecule has 1 unspecified atom stereocenters. The van der Waals surface area contributed by atoms with Gasteiger partial charge in [0, 0.05) is 18.8 Å². The second-order valence-electron chi connectivity index (χ2n) is 8.37. The number of aromatic nitrogens is 1. The van der Waals surface area contributed by atoms with Crippen LogP contribution in [0.3, 0.4) is 0 Å². The predicted octanol–water partition coefficient (Wildman–Crippen LogP) is 2.14. The molecule has 2 aromatic rings. The van der Waals surface area contributed by atoms with Gasteiger partial charge in [0.1, 0.15) is 17.9 Å². The van der Waals surface area contributed by atoms with E-state index in [2.05, 4.69) is 4.98 Å². The zero-order valence-electron chi connectivity index (χ0n) is 17.5. The van der Waals surface area contributed by atoms with Crippen LogP contribution in [0, 0.1) is 6.92 Å². The van der Waals surface area contributed by atoms with Gasteiger partial charge in [-0.1, -0.05) is 35.9 Å². The fourth-order valence-electron chi connectivity index (χ4n) is 4.25. The monoisotopic (exact) mass is 406 g/mol. The number of rotatable bonds is 4. The van der Waals surface area contributed by atoms with Crippen molar-refractivity contribution in [3.8, 4) is 0 Å². The molecule has 2 aliphatic heterocycles. The smallest absolute Gasteiger partial charge is 0.251 e. The summed E-state index contributed by atoms with van der Waals surface area (Å²) in [6, 6.07) is 13.1. The molecule has 7 heteroatoms. The minimum Gasteiger partial charge on any atom is -0.329 e. The zero-order chi connectivity index (χ0) is 21.5. The van der Waals surface area contributed by atoms with Crippen molar-refractivity contribution in [2.24, 2.45) is 0 Å². The number of hydrogen-bond donors (Lipinski definition) is 0. The van der Waals surface area contributed by atoms with Gasteiger partial charge in [-0.2, -0.15) is 0 Å². The van der Waals surface area contributed by atoms with Crippen LogP contribution in [0.4, 0.5) is 5.82 Å². The maximum atomic E-state index is 13.6. The van der Waals surface area contributed by atoms with E-state index in [0.717, 1.165) is 11.1 Å². The van der Waals surface area contributed by atoms with Crippen LogP contribution in [0.1, 0.15) is 31.4 Å². The van der Waals surface area contributed by atoms with Gasteiger partial charge < -0.3 is 9.80 Å². The molecule has 30 heavy (non-hydrogen) atoms. The molecule has 0 aliphatic carbocycles. The molecular formula is C23H26N4O3. The third-order valence-electron chi connectivity index (χ3n) is 5.96. The molecule has 156 valence electrons. The Morgan fingerprint density at radius 2 is 1.77 bits per heavy atom. The summed E-state index contributed by atoms with van der Waals surface area (Å²) < 4.78 is 0. The highest BCUT2D eigenvalue weighted by Crippen LogP contribution is 2.37. The molecule has 0 saturated carbocycles. The van der Waals surface area contributed by atoms with Crippen molar-refractivity contribution >= 4 is 23.5 Å². The number of pyridine rings is 1. The largest absolute Gasteiger partial charge is 0.329 e. The van der Waals surface area contributed by atoms with E-state index in [-0.39, 0.29) is 43.3 Å². The third-order valence-corrected chi connectivity index (χ3v) is 5.96. The van der Waals surface area contributed by atoms with Crippen LogP contribution in [-0.2, 0) is 20.9 Å². The molecule has 0 radical (unpaired) electrons. The van der Waals surface area contributed by atoms with Crippen LogP contribution in [0.25, 0.3) is 0 Å². The highest BCUT2D eigenvalue weighted by atomic mass is 16.2. The summed E-state index contributed by atoms with van der Waals surface area (Å²) in [5.41, 5.74) is 0.833. The number of hydrogen-bond acceptors (Lipinski definition) is 4. The van der Waals surface area contributed by atoms with Gasteiger partial charge in [-0.15, -0.1) is 0 Å². The number of carbonyl (C=O) groups is 3. The van der Waals surface area contributed by atoms with E-state index >= 15 is 0 Å². The average molecular weight is 406 g/mol. The highest BCUT2D eigenvalue weighted by molar-refractivity contribution is 6.08. The van der Waals surface area contributed by atoms with E-state index in [1.165, 1.54) is 4.90 Å². The third kappa shape index (κ3) is 3.34. The fraction of sp³-hybridized carbons (Fsp3) is 0.391. The van der Waals surface area contributed by atoms with Crippen LogP contribution in [-0.4, -0.2) is 57.2 Å². The molecule has 0 bridgehead atoms. The van der Waals surface area contributed by atoms with Gasteiger partial charge in [-0.05, 0) is 38.5 Å². The number of amides is 3. The number of piperazine rings is 1. The lowest BCUT2D eigenvalue weighted by molar-refractivity contribution is -0.166. The molecule has 3 amide bonds. The second kappa shape index (κ2) is 7.55. The molecule has 2 fully saturated rings. The van der Waals surface area contributed by atoms with Gasteiger partial charge in [0.25, 0.3) is 5.91 Å². The van der Waals surface area contributed by atoms with Crippen LogP contribution >= 0.6 is 0 Å². The average Bonchev–Trinajstić information content (AvgIpc) is 3.08. The first kappa shape index (κ1) is 20.1. The molecular weight excluding hydrogens is 380 g/mol. The van der Waals surface area contributed by atoms with Crippen molar-refractivity contribution in [2.75, 3.05) is 18.0 Å². The van der Waals surface area contributed by atoms with Crippen molar-refractivity contribution in [2.45, 2.75) is 45.3 Å². The maximum Gasteiger partial charge on any atom is 0.251 e. The number of aryl methyl sites for hydroxylation is 1. The zero-order valence-corrected chi connectivity index (χ0v) is 17.5. The summed E-state index contributed by atoms with van der Waals surface area (Å²) in [5, 5.41) is 0. The molecule has 2 saturated heterocycles. The molecule has 0 N–H and O–H groups in total. The predicted molar refractivity (Wildman–Crippen MR) is 113 cm³/mol. The molecule has 1 atom stereocenters. The topological polar surface area (TPSA) is 73.8 Å². The van der Waals surface area contributed by atoms with Crippen molar-refractivity contribution in [1.82, 2.24) is 14.8 Å².